The Kier molecular flexibility index (Phi) is 5.57. The number of aryl methyl sites for hydroxylation is 1. The average molecular weight is 499 g/mol. The maximum atomic E-state index is 15.2. The molecule has 2 fully saturated rings. The molecule has 1 saturated heterocycles. The summed E-state index contributed by atoms with van der Waals surface area (Å²) in [6.07, 6.45) is 7.78. The van der Waals surface area contributed by atoms with Gasteiger partial charge in [0.1, 0.15) is 17.6 Å². The number of halogens is 1. The molecule has 1 aliphatic carbocycles. The van der Waals surface area contributed by atoms with Gasteiger partial charge in [0.25, 0.3) is 5.56 Å². The maximum Gasteiger partial charge on any atom is 0.261 e. The molecule has 37 heavy (non-hydrogen) atoms. The number of nitrogens with zero attached hydrogens (tertiary/aromatic N) is 6. The highest BCUT2D eigenvalue weighted by Gasteiger charge is 2.31. The second-order valence-electron chi connectivity index (χ2n) is 10.1. The smallest absolute Gasteiger partial charge is 0.261 e. The summed E-state index contributed by atoms with van der Waals surface area (Å²) < 4.78 is 25.0. The van der Waals surface area contributed by atoms with E-state index in [2.05, 4.69) is 21.2 Å². The molecule has 1 saturated carbocycles. The summed E-state index contributed by atoms with van der Waals surface area (Å²) in [4.78, 5) is 20.1. The molecular weight excluding hydrogens is 471 g/mol. The van der Waals surface area contributed by atoms with Crippen LogP contribution in [0.25, 0.3) is 16.8 Å². The molecule has 0 amide bonds. The Labute approximate surface area is 213 Å². The zero-order chi connectivity index (χ0) is 25.8. The number of nitriles is 1. The number of aromatic nitrogens is 4. The third-order valence-corrected chi connectivity index (χ3v) is 7.31. The first-order valence-corrected chi connectivity index (χ1v) is 12.5. The van der Waals surface area contributed by atoms with Crippen LogP contribution in [-0.2, 0) is 4.74 Å². The number of ether oxygens (including phenoxy) is 1. The lowest BCUT2D eigenvalue weighted by atomic mass is 10.0. The molecule has 188 valence electrons. The first-order valence-electron chi connectivity index (χ1n) is 12.5. The topological polar surface area (TPSA) is 88.4 Å². The molecule has 2 atom stereocenters. The van der Waals surface area contributed by atoms with Crippen molar-refractivity contribution in [2.75, 3.05) is 18.0 Å². The normalized spacial score (nSPS) is 19.8. The number of hydrogen-bond donors (Lipinski definition) is 0. The maximum absolute atomic E-state index is 15.2. The second kappa shape index (κ2) is 8.82. The standard InChI is InChI=1S/C28H27FN6O2/c1-16-12-33(15-26(37-16)20-11-31-35(13-20)21-5-6-21)22-9-24(23-7-4-19(10-30)8-25(23)29)27-32-18(3)17(2)28(36)34(27)14-22/h4,7-9,11,13-14,16,21,26H,5-6,12,15H2,1-3H3. The molecule has 9 heteroatoms. The number of benzene rings is 1. The molecule has 4 heterocycles. The molecule has 2 unspecified atom stereocenters. The number of hydrogen-bond acceptors (Lipinski definition) is 6. The minimum absolute atomic E-state index is 0.0663. The van der Waals surface area contributed by atoms with Crippen LogP contribution in [0.4, 0.5) is 10.1 Å². The van der Waals surface area contributed by atoms with Crippen LogP contribution < -0.4 is 10.5 Å². The van der Waals surface area contributed by atoms with Crippen molar-refractivity contribution >= 4 is 11.3 Å². The molecule has 4 aromatic rings. The monoisotopic (exact) mass is 498 g/mol. The van der Waals surface area contributed by atoms with Gasteiger partial charge >= 0.3 is 0 Å². The Morgan fingerprint density at radius 1 is 1.14 bits per heavy atom. The summed E-state index contributed by atoms with van der Waals surface area (Å²) in [5.74, 6) is -0.536. The van der Waals surface area contributed by atoms with Crippen molar-refractivity contribution in [3.05, 3.63) is 81.4 Å². The van der Waals surface area contributed by atoms with Crippen LogP contribution in [0.3, 0.4) is 0 Å². The molecule has 0 radical (unpaired) electrons. The van der Waals surface area contributed by atoms with Crippen molar-refractivity contribution < 1.29 is 9.13 Å². The Morgan fingerprint density at radius 3 is 2.68 bits per heavy atom. The lowest BCUT2D eigenvalue weighted by molar-refractivity contribution is -0.0174. The fraction of sp³-hybridized carbons (Fsp3) is 0.357. The van der Waals surface area contributed by atoms with E-state index in [9.17, 15) is 10.1 Å². The molecule has 8 nitrogen and oxygen atoms in total. The highest BCUT2D eigenvalue weighted by molar-refractivity contribution is 5.81. The van der Waals surface area contributed by atoms with Gasteiger partial charge in [0.15, 0.2) is 0 Å². The predicted octanol–water partition coefficient (Wildman–Crippen LogP) is 4.49. The second-order valence-corrected chi connectivity index (χ2v) is 10.1. The van der Waals surface area contributed by atoms with Crippen molar-refractivity contribution in [3.63, 3.8) is 0 Å². The Balaban J connectivity index is 1.47. The third-order valence-electron chi connectivity index (χ3n) is 7.31. The van der Waals surface area contributed by atoms with Crippen LogP contribution >= 0.6 is 0 Å². The van der Waals surface area contributed by atoms with E-state index in [1.807, 2.05) is 29.9 Å². The van der Waals surface area contributed by atoms with Gasteiger partial charge in [-0.15, -0.1) is 0 Å². The fourth-order valence-electron chi connectivity index (χ4n) is 5.00. The summed E-state index contributed by atoms with van der Waals surface area (Å²) in [6.45, 7) is 6.72. The Bertz CT molecular complexity index is 1630. The van der Waals surface area contributed by atoms with Crippen LogP contribution in [0.5, 0.6) is 0 Å². The van der Waals surface area contributed by atoms with Crippen LogP contribution in [0.2, 0.25) is 0 Å². The van der Waals surface area contributed by atoms with Gasteiger partial charge in [0.05, 0.1) is 35.7 Å². The molecule has 3 aromatic heterocycles. The summed E-state index contributed by atoms with van der Waals surface area (Å²) >= 11 is 0. The van der Waals surface area contributed by atoms with Crippen LogP contribution in [-0.4, -0.2) is 38.4 Å². The molecule has 2 aliphatic rings. The van der Waals surface area contributed by atoms with E-state index < -0.39 is 5.82 Å². The molecule has 0 N–H and O–H groups in total. The van der Waals surface area contributed by atoms with E-state index in [-0.39, 0.29) is 28.9 Å². The fourth-order valence-corrected chi connectivity index (χ4v) is 5.00. The van der Waals surface area contributed by atoms with E-state index in [4.69, 9.17) is 4.74 Å². The van der Waals surface area contributed by atoms with E-state index in [1.165, 1.54) is 10.5 Å². The first-order chi connectivity index (χ1) is 17.8. The average Bonchev–Trinajstić information content (AvgIpc) is 3.62. The summed E-state index contributed by atoms with van der Waals surface area (Å²) in [5.41, 5.74) is 4.14. The number of anilines is 1. The van der Waals surface area contributed by atoms with E-state index in [1.54, 1.807) is 32.2 Å². The first kappa shape index (κ1) is 23.4. The van der Waals surface area contributed by atoms with Gasteiger partial charge in [-0.25, -0.2) is 9.37 Å². The summed E-state index contributed by atoms with van der Waals surface area (Å²) in [6, 6.07) is 8.70. The Morgan fingerprint density at radius 2 is 1.95 bits per heavy atom. The molecule has 0 bridgehead atoms. The Hall–Kier alpha value is -4.03. The highest BCUT2D eigenvalue weighted by atomic mass is 19.1. The molecule has 1 aromatic carbocycles. The van der Waals surface area contributed by atoms with Gasteiger partial charge in [-0.1, -0.05) is 0 Å². The lowest BCUT2D eigenvalue weighted by Crippen LogP contribution is -2.43. The molecule has 6 rings (SSSR count). The molecular formula is C28H27FN6O2. The minimum Gasteiger partial charge on any atom is -0.367 e. The SMILES string of the molecule is Cc1nc2c(-c3ccc(C#N)cc3F)cc(N3CC(C)OC(c4cnn(C5CC5)c4)C3)cn2c(=O)c1C. The largest absolute Gasteiger partial charge is 0.367 e. The van der Waals surface area contributed by atoms with Crippen molar-refractivity contribution in [2.45, 2.75) is 51.9 Å². The van der Waals surface area contributed by atoms with E-state index in [0.29, 0.717) is 41.6 Å². The summed E-state index contributed by atoms with van der Waals surface area (Å²) in [7, 11) is 0. The number of morpholine rings is 1. The van der Waals surface area contributed by atoms with Gasteiger partial charge in [0, 0.05) is 53.4 Å². The van der Waals surface area contributed by atoms with Crippen molar-refractivity contribution in [3.8, 4) is 17.2 Å². The van der Waals surface area contributed by atoms with Gasteiger partial charge in [-0.2, -0.15) is 10.4 Å². The quantitative estimate of drug-likeness (QED) is 0.412. The van der Waals surface area contributed by atoms with Gasteiger partial charge in [0.2, 0.25) is 0 Å². The van der Waals surface area contributed by atoms with Gasteiger partial charge in [-0.3, -0.25) is 13.9 Å². The van der Waals surface area contributed by atoms with E-state index >= 15 is 4.39 Å². The lowest BCUT2D eigenvalue weighted by Gasteiger charge is -2.38. The zero-order valence-electron chi connectivity index (χ0n) is 21.0. The number of fused-ring (bicyclic) bond motifs is 1. The zero-order valence-corrected chi connectivity index (χ0v) is 21.0. The summed E-state index contributed by atoms with van der Waals surface area (Å²) in [5, 5.41) is 13.7. The highest BCUT2D eigenvalue weighted by Crippen LogP contribution is 2.37. The minimum atomic E-state index is -0.536. The van der Waals surface area contributed by atoms with Crippen molar-refractivity contribution in [1.82, 2.24) is 19.2 Å². The van der Waals surface area contributed by atoms with E-state index in [0.717, 1.165) is 24.1 Å². The van der Waals surface area contributed by atoms with Crippen molar-refractivity contribution in [1.29, 1.82) is 5.26 Å². The molecule has 1 aliphatic heterocycles. The third kappa shape index (κ3) is 4.17. The number of pyridine rings is 1. The predicted molar refractivity (Wildman–Crippen MR) is 137 cm³/mol. The van der Waals surface area contributed by atoms with Crippen LogP contribution in [0.15, 0.2) is 47.7 Å². The van der Waals surface area contributed by atoms with Gasteiger partial charge in [-0.05, 0) is 57.9 Å². The van der Waals surface area contributed by atoms with Crippen LogP contribution in [0.1, 0.15) is 54.3 Å². The molecule has 0 spiro atoms. The number of rotatable bonds is 4. The van der Waals surface area contributed by atoms with Crippen molar-refractivity contribution in [2.24, 2.45) is 0 Å². The van der Waals surface area contributed by atoms with Crippen LogP contribution in [0, 0.1) is 31.0 Å². The van der Waals surface area contributed by atoms with Gasteiger partial charge < -0.3 is 9.64 Å².